The average Bonchev–Trinajstić information content (AvgIpc) is 2.62. The second-order valence-electron chi connectivity index (χ2n) is 5.39. The molecule has 0 fully saturated rings. The van der Waals surface area contributed by atoms with Gasteiger partial charge in [-0.1, -0.05) is 18.7 Å². The van der Waals surface area contributed by atoms with Crippen LogP contribution < -0.4 is 9.47 Å². The minimum Gasteiger partial charge on any atom is -0.489 e. The molecule has 0 amide bonds. The lowest BCUT2D eigenvalue weighted by Crippen LogP contribution is -2.00. The molecule has 0 heterocycles. The molecular formula is C20H15F3O2. The van der Waals surface area contributed by atoms with Crippen LogP contribution in [-0.2, 0) is 6.61 Å². The van der Waals surface area contributed by atoms with Crippen LogP contribution in [0, 0.1) is 17.5 Å². The van der Waals surface area contributed by atoms with Crippen LogP contribution >= 0.6 is 0 Å². The molecular weight excluding hydrogens is 329 g/mol. The topological polar surface area (TPSA) is 18.5 Å². The second-order valence-corrected chi connectivity index (χ2v) is 5.39. The summed E-state index contributed by atoms with van der Waals surface area (Å²) >= 11 is 0. The van der Waals surface area contributed by atoms with Crippen LogP contribution in [0.15, 0.2) is 61.2 Å². The summed E-state index contributed by atoms with van der Waals surface area (Å²) in [5.41, 5.74) is 0.358. The van der Waals surface area contributed by atoms with Crippen LogP contribution in [0.1, 0.15) is 5.56 Å². The number of hydrogen-bond acceptors (Lipinski definition) is 2. The Labute approximate surface area is 143 Å². The van der Waals surface area contributed by atoms with Gasteiger partial charge >= 0.3 is 0 Å². The van der Waals surface area contributed by atoms with E-state index in [2.05, 4.69) is 6.58 Å². The molecule has 0 radical (unpaired) electrons. The van der Waals surface area contributed by atoms with Crippen molar-refractivity contribution in [3.8, 4) is 11.5 Å². The maximum atomic E-state index is 14.1. The Morgan fingerprint density at radius 3 is 2.36 bits per heavy atom. The van der Waals surface area contributed by atoms with Gasteiger partial charge < -0.3 is 9.47 Å². The van der Waals surface area contributed by atoms with Gasteiger partial charge in [0.15, 0.2) is 11.6 Å². The first-order valence-electron chi connectivity index (χ1n) is 7.61. The van der Waals surface area contributed by atoms with Gasteiger partial charge in [-0.15, -0.1) is 0 Å². The van der Waals surface area contributed by atoms with E-state index in [9.17, 15) is 13.2 Å². The zero-order chi connectivity index (χ0) is 17.8. The van der Waals surface area contributed by atoms with Gasteiger partial charge in [-0.3, -0.25) is 0 Å². The lowest BCUT2D eigenvalue weighted by atomic mass is 10.1. The van der Waals surface area contributed by atoms with E-state index in [0.29, 0.717) is 29.1 Å². The van der Waals surface area contributed by atoms with E-state index in [1.54, 1.807) is 24.3 Å². The predicted molar refractivity (Wildman–Crippen MR) is 90.3 cm³/mol. The molecule has 5 heteroatoms. The smallest absolute Gasteiger partial charge is 0.166 e. The van der Waals surface area contributed by atoms with Crippen LogP contribution in [-0.4, -0.2) is 6.61 Å². The lowest BCUT2D eigenvalue weighted by Gasteiger charge is -2.10. The van der Waals surface area contributed by atoms with Crippen molar-refractivity contribution in [2.24, 2.45) is 0 Å². The normalized spacial score (nSPS) is 10.7. The first kappa shape index (κ1) is 16.9. The van der Waals surface area contributed by atoms with Crippen LogP contribution in [0.5, 0.6) is 11.5 Å². The largest absolute Gasteiger partial charge is 0.489 e. The minimum absolute atomic E-state index is 0.00273. The fourth-order valence-electron chi connectivity index (χ4n) is 2.38. The molecule has 3 aromatic carbocycles. The van der Waals surface area contributed by atoms with Gasteiger partial charge in [0, 0.05) is 17.0 Å². The molecule has 0 N–H and O–H groups in total. The van der Waals surface area contributed by atoms with E-state index in [1.165, 1.54) is 24.3 Å². The Bertz CT molecular complexity index is 922. The molecule has 0 unspecified atom stereocenters. The fraction of sp³-hybridized carbons (Fsp3) is 0.100. The number of benzene rings is 3. The molecule has 3 aromatic rings. The Balaban J connectivity index is 1.74. The zero-order valence-corrected chi connectivity index (χ0v) is 13.3. The van der Waals surface area contributed by atoms with Crippen molar-refractivity contribution in [2.75, 3.05) is 6.61 Å². The van der Waals surface area contributed by atoms with Crippen LogP contribution in [0.2, 0.25) is 0 Å². The van der Waals surface area contributed by atoms with E-state index in [4.69, 9.17) is 9.47 Å². The summed E-state index contributed by atoms with van der Waals surface area (Å²) in [5.74, 6) is -1.41. The highest BCUT2D eigenvalue weighted by molar-refractivity contribution is 5.84. The molecule has 0 aromatic heterocycles. The molecule has 0 aliphatic carbocycles. The highest BCUT2D eigenvalue weighted by Gasteiger charge is 2.09. The van der Waals surface area contributed by atoms with Crippen LogP contribution in [0.25, 0.3) is 10.8 Å². The number of halogens is 3. The van der Waals surface area contributed by atoms with Crippen LogP contribution in [0.3, 0.4) is 0 Å². The molecule has 25 heavy (non-hydrogen) atoms. The number of hydrogen-bond donors (Lipinski definition) is 0. The zero-order valence-electron chi connectivity index (χ0n) is 13.3. The van der Waals surface area contributed by atoms with Crippen molar-refractivity contribution >= 4 is 10.8 Å². The van der Waals surface area contributed by atoms with Gasteiger partial charge in [0.2, 0.25) is 0 Å². The molecule has 0 bridgehead atoms. The van der Waals surface area contributed by atoms with E-state index in [-0.39, 0.29) is 12.0 Å². The number of ether oxygens (including phenoxy) is 2. The molecule has 0 saturated carbocycles. The lowest BCUT2D eigenvalue weighted by molar-refractivity contribution is 0.299. The molecule has 0 aliphatic heterocycles. The van der Waals surface area contributed by atoms with Crippen molar-refractivity contribution in [1.29, 1.82) is 0 Å². The fourth-order valence-corrected chi connectivity index (χ4v) is 2.38. The van der Waals surface area contributed by atoms with Crippen molar-refractivity contribution in [2.45, 2.75) is 6.61 Å². The predicted octanol–water partition coefficient (Wildman–Crippen LogP) is 5.40. The summed E-state index contributed by atoms with van der Waals surface area (Å²) in [6.07, 6.45) is 1.57. The summed E-state index contributed by atoms with van der Waals surface area (Å²) in [5, 5.41) is 0.673. The van der Waals surface area contributed by atoms with Gasteiger partial charge in [-0.25, -0.2) is 13.2 Å². The second kappa shape index (κ2) is 7.30. The van der Waals surface area contributed by atoms with Crippen molar-refractivity contribution in [3.05, 3.63) is 84.2 Å². The summed E-state index contributed by atoms with van der Waals surface area (Å²) in [6.45, 7) is 3.83. The summed E-state index contributed by atoms with van der Waals surface area (Å²) in [7, 11) is 0. The quantitative estimate of drug-likeness (QED) is 0.557. The van der Waals surface area contributed by atoms with E-state index < -0.39 is 17.5 Å². The molecule has 3 rings (SSSR count). The van der Waals surface area contributed by atoms with Crippen LogP contribution in [0.4, 0.5) is 13.2 Å². The molecule has 128 valence electrons. The third kappa shape index (κ3) is 3.76. The Kier molecular flexibility index (Phi) is 4.93. The Morgan fingerprint density at radius 1 is 0.840 bits per heavy atom. The van der Waals surface area contributed by atoms with E-state index in [0.717, 1.165) is 6.07 Å². The number of fused-ring (bicyclic) bond motifs is 1. The SMILES string of the molecule is C=CCOc1ccc(COc2ccc3c(F)c(F)ccc3c2)c(F)c1. The van der Waals surface area contributed by atoms with E-state index in [1.807, 2.05) is 0 Å². The van der Waals surface area contributed by atoms with Gasteiger partial charge in [0.05, 0.1) is 0 Å². The maximum absolute atomic E-state index is 14.1. The van der Waals surface area contributed by atoms with Gasteiger partial charge in [-0.2, -0.15) is 0 Å². The Hall–Kier alpha value is -2.95. The molecule has 0 spiro atoms. The first-order valence-corrected chi connectivity index (χ1v) is 7.61. The van der Waals surface area contributed by atoms with Crippen molar-refractivity contribution in [1.82, 2.24) is 0 Å². The van der Waals surface area contributed by atoms with Gasteiger partial charge in [0.1, 0.15) is 30.5 Å². The molecule has 0 saturated heterocycles. The summed E-state index contributed by atoms with van der Waals surface area (Å²) in [4.78, 5) is 0. The monoisotopic (exact) mass is 344 g/mol. The Morgan fingerprint density at radius 2 is 1.60 bits per heavy atom. The highest BCUT2D eigenvalue weighted by atomic mass is 19.2. The number of rotatable bonds is 6. The van der Waals surface area contributed by atoms with Crippen molar-refractivity contribution in [3.63, 3.8) is 0 Å². The third-order valence-corrected chi connectivity index (χ3v) is 3.67. The minimum atomic E-state index is -0.901. The van der Waals surface area contributed by atoms with Crippen molar-refractivity contribution < 1.29 is 22.6 Å². The summed E-state index contributed by atoms with van der Waals surface area (Å²) in [6, 6.07) is 11.6. The maximum Gasteiger partial charge on any atom is 0.166 e. The standard InChI is InChI=1S/C20H15F3O2/c1-2-9-24-16-5-3-14(19(22)11-16)12-25-15-6-7-17-13(10-15)4-8-18(21)20(17)23/h2-8,10-11H,1,9,12H2. The molecule has 0 atom stereocenters. The van der Waals surface area contributed by atoms with Gasteiger partial charge in [0.25, 0.3) is 0 Å². The average molecular weight is 344 g/mol. The molecule has 0 aliphatic rings. The first-order chi connectivity index (χ1) is 12.1. The summed E-state index contributed by atoms with van der Waals surface area (Å²) < 4.78 is 51.8. The third-order valence-electron chi connectivity index (χ3n) is 3.67. The molecule has 2 nitrogen and oxygen atoms in total. The van der Waals surface area contributed by atoms with Gasteiger partial charge in [-0.05, 0) is 41.8 Å². The van der Waals surface area contributed by atoms with E-state index >= 15 is 0 Å². The highest BCUT2D eigenvalue weighted by Crippen LogP contribution is 2.26.